The first-order valence-electron chi connectivity index (χ1n) is 1.82. The standard InChI is InChI=1S/C4H7NO/c1-2-3-4-5-6/h2H,1,3-4H2. The maximum absolute atomic E-state index is 9.27. The molecule has 0 atom stereocenters. The van der Waals surface area contributed by atoms with Gasteiger partial charge in [-0.1, -0.05) is 11.3 Å². The summed E-state index contributed by atoms with van der Waals surface area (Å²) in [4.78, 5) is 9.27. The van der Waals surface area contributed by atoms with Crippen LogP contribution in [0.15, 0.2) is 17.8 Å². The molecule has 0 aliphatic carbocycles. The van der Waals surface area contributed by atoms with Crippen LogP contribution in [0.1, 0.15) is 6.42 Å². The van der Waals surface area contributed by atoms with Gasteiger partial charge in [0.05, 0.1) is 6.54 Å². The maximum Gasteiger partial charge on any atom is 0.0845 e. The lowest BCUT2D eigenvalue weighted by atomic mass is 10.4. The smallest absolute Gasteiger partial charge is 0.0845 e. The van der Waals surface area contributed by atoms with Gasteiger partial charge < -0.3 is 0 Å². The molecule has 0 saturated carbocycles. The molecular formula is C4H7NO. The molecule has 0 aromatic carbocycles. The Labute approximate surface area is 36.8 Å². The van der Waals surface area contributed by atoms with Crippen LogP contribution in [0.25, 0.3) is 0 Å². The predicted octanol–water partition coefficient (Wildman–Crippen LogP) is 1.33. The Morgan fingerprint density at radius 3 is 2.67 bits per heavy atom. The summed E-state index contributed by atoms with van der Waals surface area (Å²) in [5.74, 6) is 0. The summed E-state index contributed by atoms with van der Waals surface area (Å²) in [7, 11) is 0. The van der Waals surface area contributed by atoms with Crippen LogP contribution >= 0.6 is 0 Å². The summed E-state index contributed by atoms with van der Waals surface area (Å²) in [6.07, 6.45) is 2.37. The van der Waals surface area contributed by atoms with E-state index in [-0.39, 0.29) is 0 Å². The SMILES string of the molecule is C=CCCN=O. The molecule has 0 fully saturated rings. The fourth-order valence-corrected chi connectivity index (χ4v) is 0.144. The molecule has 34 valence electrons. The fraction of sp³-hybridized carbons (Fsp3) is 0.500. The van der Waals surface area contributed by atoms with E-state index in [0.717, 1.165) is 0 Å². The highest BCUT2D eigenvalue weighted by atomic mass is 16.3. The van der Waals surface area contributed by atoms with E-state index in [4.69, 9.17) is 0 Å². The number of nitroso groups, excluding NO2 is 1. The van der Waals surface area contributed by atoms with Crippen LogP contribution in [-0.2, 0) is 0 Å². The van der Waals surface area contributed by atoms with Gasteiger partial charge in [0, 0.05) is 0 Å². The van der Waals surface area contributed by atoms with Gasteiger partial charge in [-0.3, -0.25) is 0 Å². The first-order valence-corrected chi connectivity index (χ1v) is 1.82. The molecule has 0 heterocycles. The minimum absolute atomic E-state index is 0.365. The third-order valence-corrected chi connectivity index (χ3v) is 0.425. The number of nitrogens with zero attached hydrogens (tertiary/aromatic N) is 1. The summed E-state index contributed by atoms with van der Waals surface area (Å²) in [6, 6.07) is 0. The maximum atomic E-state index is 9.27. The van der Waals surface area contributed by atoms with Crippen molar-refractivity contribution in [2.45, 2.75) is 6.42 Å². The fourth-order valence-electron chi connectivity index (χ4n) is 0.144. The van der Waals surface area contributed by atoms with Gasteiger partial charge in [-0.05, 0) is 6.42 Å². The molecule has 2 nitrogen and oxygen atoms in total. The normalized spacial score (nSPS) is 7.33. The first kappa shape index (κ1) is 5.34. The van der Waals surface area contributed by atoms with E-state index >= 15 is 0 Å². The summed E-state index contributed by atoms with van der Waals surface area (Å²) in [5.41, 5.74) is 0. The second kappa shape index (κ2) is 4.34. The van der Waals surface area contributed by atoms with Crippen LogP contribution in [-0.4, -0.2) is 6.54 Å². The molecule has 0 radical (unpaired) electrons. The largest absolute Gasteiger partial charge is 0.151 e. The Balaban J connectivity index is 2.66. The van der Waals surface area contributed by atoms with Crippen molar-refractivity contribution < 1.29 is 0 Å². The molecule has 0 aliphatic rings. The molecule has 0 unspecified atom stereocenters. The molecule has 6 heavy (non-hydrogen) atoms. The molecular weight excluding hydrogens is 78.0 g/mol. The van der Waals surface area contributed by atoms with E-state index in [1.165, 1.54) is 0 Å². The zero-order chi connectivity index (χ0) is 4.83. The van der Waals surface area contributed by atoms with Crippen molar-refractivity contribution in [2.75, 3.05) is 6.54 Å². The highest BCUT2D eigenvalue weighted by molar-refractivity contribution is 4.66. The van der Waals surface area contributed by atoms with Crippen molar-refractivity contribution in [1.29, 1.82) is 0 Å². The second-order valence-corrected chi connectivity index (χ2v) is 0.930. The summed E-state index contributed by atoms with van der Waals surface area (Å²) in [6.45, 7) is 3.76. The van der Waals surface area contributed by atoms with E-state index in [0.29, 0.717) is 13.0 Å². The molecule has 0 saturated heterocycles. The van der Waals surface area contributed by atoms with Crippen molar-refractivity contribution in [1.82, 2.24) is 0 Å². The lowest BCUT2D eigenvalue weighted by molar-refractivity contribution is 1.000. The molecule has 0 aliphatic heterocycles. The van der Waals surface area contributed by atoms with Crippen molar-refractivity contribution in [3.8, 4) is 0 Å². The average molecular weight is 85.1 g/mol. The lowest BCUT2D eigenvalue weighted by Crippen LogP contribution is -1.68. The Kier molecular flexibility index (Phi) is 3.86. The van der Waals surface area contributed by atoms with Gasteiger partial charge in [0.15, 0.2) is 0 Å². The van der Waals surface area contributed by atoms with Gasteiger partial charge in [-0.15, -0.1) is 6.58 Å². The van der Waals surface area contributed by atoms with Gasteiger partial charge in [0.1, 0.15) is 0 Å². The van der Waals surface area contributed by atoms with Gasteiger partial charge in [-0.25, -0.2) is 0 Å². The van der Waals surface area contributed by atoms with Gasteiger partial charge in [0.2, 0.25) is 0 Å². The molecule has 0 spiro atoms. The number of hydrogen-bond acceptors (Lipinski definition) is 2. The van der Waals surface area contributed by atoms with Gasteiger partial charge >= 0.3 is 0 Å². The zero-order valence-electron chi connectivity index (χ0n) is 3.55. The number of hydrogen-bond donors (Lipinski definition) is 0. The topological polar surface area (TPSA) is 29.4 Å². The first-order chi connectivity index (χ1) is 2.91. The van der Waals surface area contributed by atoms with Crippen molar-refractivity contribution >= 4 is 0 Å². The van der Waals surface area contributed by atoms with E-state index in [2.05, 4.69) is 11.8 Å². The Hall–Kier alpha value is -0.660. The minimum atomic E-state index is 0.365. The molecule has 0 N–H and O–H groups in total. The van der Waals surface area contributed by atoms with Crippen LogP contribution in [0.2, 0.25) is 0 Å². The Morgan fingerprint density at radius 1 is 1.83 bits per heavy atom. The van der Waals surface area contributed by atoms with Crippen molar-refractivity contribution in [3.63, 3.8) is 0 Å². The highest BCUT2D eigenvalue weighted by Gasteiger charge is 1.70. The molecule has 0 aromatic rings. The molecule has 0 aromatic heterocycles. The third-order valence-electron chi connectivity index (χ3n) is 0.425. The van der Waals surface area contributed by atoms with Crippen LogP contribution in [0.4, 0.5) is 0 Å². The van der Waals surface area contributed by atoms with E-state index in [1.54, 1.807) is 6.08 Å². The van der Waals surface area contributed by atoms with Crippen LogP contribution in [0.5, 0.6) is 0 Å². The third kappa shape index (κ3) is 3.34. The Morgan fingerprint density at radius 2 is 2.50 bits per heavy atom. The second-order valence-electron chi connectivity index (χ2n) is 0.930. The predicted molar refractivity (Wildman–Crippen MR) is 25.5 cm³/mol. The van der Waals surface area contributed by atoms with E-state index < -0.39 is 0 Å². The van der Waals surface area contributed by atoms with Crippen LogP contribution in [0.3, 0.4) is 0 Å². The van der Waals surface area contributed by atoms with E-state index in [9.17, 15) is 4.91 Å². The lowest BCUT2D eigenvalue weighted by Gasteiger charge is -1.72. The van der Waals surface area contributed by atoms with Gasteiger partial charge in [-0.2, -0.15) is 4.91 Å². The van der Waals surface area contributed by atoms with E-state index in [1.807, 2.05) is 0 Å². The molecule has 0 rings (SSSR count). The molecule has 2 heteroatoms. The summed E-state index contributed by atoms with van der Waals surface area (Å²) >= 11 is 0. The monoisotopic (exact) mass is 85.1 g/mol. The Bertz CT molecular complexity index is 43.5. The summed E-state index contributed by atoms with van der Waals surface area (Å²) < 4.78 is 0. The molecule has 0 amide bonds. The van der Waals surface area contributed by atoms with Crippen molar-refractivity contribution in [2.24, 2.45) is 5.18 Å². The highest BCUT2D eigenvalue weighted by Crippen LogP contribution is 1.76. The van der Waals surface area contributed by atoms with Crippen LogP contribution in [0, 0.1) is 4.91 Å². The zero-order valence-corrected chi connectivity index (χ0v) is 3.55. The number of rotatable bonds is 3. The van der Waals surface area contributed by atoms with Crippen molar-refractivity contribution in [3.05, 3.63) is 17.6 Å². The molecule has 0 bridgehead atoms. The minimum Gasteiger partial charge on any atom is -0.151 e. The average Bonchev–Trinajstić information content (AvgIpc) is 1.61. The van der Waals surface area contributed by atoms with Gasteiger partial charge in [0.25, 0.3) is 0 Å². The summed E-state index contributed by atoms with van der Waals surface area (Å²) in [5, 5.41) is 2.60. The quantitative estimate of drug-likeness (QED) is 0.289. The van der Waals surface area contributed by atoms with Crippen LogP contribution < -0.4 is 0 Å².